The zero-order valence-electron chi connectivity index (χ0n) is 22.8. The smallest absolute Gasteiger partial charge is 0.262 e. The Morgan fingerprint density at radius 3 is 1.61 bits per heavy atom. The first kappa shape index (κ1) is 29.4. The van der Waals surface area contributed by atoms with Crippen molar-refractivity contribution in [1.29, 1.82) is 0 Å². The number of anilines is 3. The van der Waals surface area contributed by atoms with Crippen molar-refractivity contribution >= 4 is 43.0 Å². The zero-order chi connectivity index (χ0) is 29.8. The van der Waals surface area contributed by atoms with Crippen LogP contribution in [0.5, 0.6) is 11.5 Å². The van der Waals surface area contributed by atoms with Gasteiger partial charge in [-0.05, 0) is 50.2 Å². The first-order valence-electron chi connectivity index (χ1n) is 12.3. The molecule has 0 saturated heterocycles. The predicted molar refractivity (Wildman–Crippen MR) is 158 cm³/mol. The van der Waals surface area contributed by atoms with E-state index in [0.29, 0.717) is 5.56 Å². The molecule has 0 aromatic heterocycles. The molecule has 1 amide bonds. The van der Waals surface area contributed by atoms with E-state index in [-0.39, 0.29) is 38.4 Å². The topological polar surface area (TPSA) is 140 Å². The van der Waals surface area contributed by atoms with Gasteiger partial charge in [-0.15, -0.1) is 0 Å². The van der Waals surface area contributed by atoms with Crippen molar-refractivity contribution in [2.45, 2.75) is 23.6 Å². The highest BCUT2D eigenvalue weighted by Gasteiger charge is 2.28. The number of hydrogen-bond acceptors (Lipinski definition) is 7. The lowest BCUT2D eigenvalue weighted by Crippen LogP contribution is -2.20. The van der Waals surface area contributed by atoms with E-state index in [1.807, 2.05) is 13.8 Å². The minimum absolute atomic E-state index is 0.0264. The number of aryl methyl sites for hydroxylation is 2. The van der Waals surface area contributed by atoms with Crippen molar-refractivity contribution < 1.29 is 31.1 Å². The number of ether oxygens (including phenoxy) is 2. The molecule has 3 N–H and O–H groups in total. The van der Waals surface area contributed by atoms with Crippen LogP contribution >= 0.6 is 0 Å². The van der Waals surface area contributed by atoms with Crippen LogP contribution in [0.3, 0.4) is 0 Å². The number of carbonyl (C=O) groups is 1. The summed E-state index contributed by atoms with van der Waals surface area (Å²) in [6.45, 7) is 3.64. The maximum atomic E-state index is 13.4. The average Bonchev–Trinajstić information content (AvgIpc) is 2.95. The Bertz CT molecular complexity index is 1770. The fourth-order valence-corrected chi connectivity index (χ4v) is 6.06. The minimum Gasteiger partial charge on any atom is -0.494 e. The number of nitrogens with one attached hydrogen (secondary N) is 3. The van der Waals surface area contributed by atoms with E-state index >= 15 is 0 Å². The summed E-state index contributed by atoms with van der Waals surface area (Å²) in [4.78, 5) is 13.0. The largest absolute Gasteiger partial charge is 0.494 e. The van der Waals surface area contributed by atoms with Gasteiger partial charge in [-0.2, -0.15) is 0 Å². The second-order valence-electron chi connectivity index (χ2n) is 9.07. The van der Waals surface area contributed by atoms with Gasteiger partial charge in [-0.3, -0.25) is 14.2 Å². The van der Waals surface area contributed by atoms with E-state index < -0.39 is 26.0 Å². The van der Waals surface area contributed by atoms with Gasteiger partial charge in [-0.1, -0.05) is 53.6 Å². The van der Waals surface area contributed by atoms with Gasteiger partial charge >= 0.3 is 0 Å². The Hall–Kier alpha value is -4.55. The van der Waals surface area contributed by atoms with Crippen molar-refractivity contribution in [3.05, 3.63) is 102 Å². The molecule has 4 aromatic rings. The number of rotatable bonds is 10. The lowest BCUT2D eigenvalue weighted by molar-refractivity contribution is 0.102. The third-order valence-corrected chi connectivity index (χ3v) is 8.82. The second kappa shape index (κ2) is 11.9. The highest BCUT2D eigenvalue weighted by atomic mass is 32.2. The van der Waals surface area contributed by atoms with Gasteiger partial charge < -0.3 is 14.8 Å². The van der Waals surface area contributed by atoms with Crippen molar-refractivity contribution in [3.8, 4) is 11.5 Å². The summed E-state index contributed by atoms with van der Waals surface area (Å²) in [7, 11) is -5.84. The molecular formula is C29H29N3O7S2. The van der Waals surface area contributed by atoms with E-state index in [1.54, 1.807) is 54.6 Å². The second-order valence-corrected chi connectivity index (χ2v) is 12.4. The molecule has 0 saturated carbocycles. The van der Waals surface area contributed by atoms with E-state index in [0.717, 1.165) is 11.1 Å². The molecule has 0 spiro atoms. The molecule has 0 atom stereocenters. The monoisotopic (exact) mass is 595 g/mol. The van der Waals surface area contributed by atoms with Crippen molar-refractivity contribution in [1.82, 2.24) is 0 Å². The van der Waals surface area contributed by atoms with Gasteiger partial charge in [0.1, 0.15) is 17.1 Å². The van der Waals surface area contributed by atoms with Crippen LogP contribution < -0.4 is 24.2 Å². The van der Waals surface area contributed by atoms with Gasteiger partial charge in [0.15, 0.2) is 5.75 Å². The maximum Gasteiger partial charge on any atom is 0.262 e. The Morgan fingerprint density at radius 2 is 1.15 bits per heavy atom. The van der Waals surface area contributed by atoms with Gasteiger partial charge in [0, 0.05) is 11.6 Å². The van der Waals surface area contributed by atoms with E-state index in [1.165, 1.54) is 44.6 Å². The maximum absolute atomic E-state index is 13.4. The Balaban J connectivity index is 1.88. The highest BCUT2D eigenvalue weighted by molar-refractivity contribution is 7.93. The molecule has 41 heavy (non-hydrogen) atoms. The van der Waals surface area contributed by atoms with Crippen LogP contribution in [0.4, 0.5) is 17.1 Å². The van der Waals surface area contributed by atoms with Crippen LogP contribution in [0.25, 0.3) is 0 Å². The van der Waals surface area contributed by atoms with Crippen LogP contribution in [-0.2, 0) is 20.0 Å². The number of benzene rings is 4. The van der Waals surface area contributed by atoms with Crippen LogP contribution in [0.1, 0.15) is 21.5 Å². The fourth-order valence-electron chi connectivity index (χ4n) is 3.90. The van der Waals surface area contributed by atoms with Gasteiger partial charge in [0.05, 0.1) is 29.7 Å². The standard InChI is InChI=1S/C29H29N3O7S2/c1-19-10-14-22(15-11-19)40(34,35)31-26-24(30-29(33)21-8-6-5-7-9-21)18-25(38-3)27(28(26)39-4)32-41(36,37)23-16-12-20(2)13-17-23/h5-18,31-32H,1-4H3,(H,30,33). The molecule has 0 bridgehead atoms. The lowest BCUT2D eigenvalue weighted by atomic mass is 10.1. The van der Waals surface area contributed by atoms with E-state index in [2.05, 4.69) is 14.8 Å². The van der Waals surface area contributed by atoms with Crippen LogP contribution in [-0.4, -0.2) is 37.0 Å². The molecule has 0 unspecified atom stereocenters. The molecule has 10 nitrogen and oxygen atoms in total. The summed E-state index contributed by atoms with van der Waals surface area (Å²) in [5.41, 5.74) is 1.62. The fraction of sp³-hybridized carbons (Fsp3) is 0.138. The molecule has 4 rings (SSSR count). The van der Waals surface area contributed by atoms with E-state index in [9.17, 15) is 21.6 Å². The highest BCUT2D eigenvalue weighted by Crippen LogP contribution is 2.47. The van der Waals surface area contributed by atoms with Gasteiger partial charge in [0.25, 0.3) is 26.0 Å². The molecule has 214 valence electrons. The summed E-state index contributed by atoms with van der Waals surface area (Å²) in [5.74, 6) is -0.795. The molecule has 4 aromatic carbocycles. The third-order valence-electron chi connectivity index (χ3n) is 6.09. The molecule has 0 aliphatic heterocycles. The molecule has 12 heteroatoms. The summed E-state index contributed by atoms with van der Waals surface area (Å²) in [6.07, 6.45) is 0. The van der Waals surface area contributed by atoms with Crippen molar-refractivity contribution in [3.63, 3.8) is 0 Å². The third kappa shape index (κ3) is 6.61. The lowest BCUT2D eigenvalue weighted by Gasteiger charge is -2.22. The summed E-state index contributed by atoms with van der Waals surface area (Å²) < 4.78 is 69.5. The molecule has 0 fully saturated rings. The number of carbonyl (C=O) groups excluding carboxylic acids is 1. The van der Waals surface area contributed by atoms with Gasteiger partial charge in [0.2, 0.25) is 0 Å². The molecule has 0 aliphatic carbocycles. The summed E-state index contributed by atoms with van der Waals surface area (Å²) in [6, 6.07) is 21.9. The van der Waals surface area contributed by atoms with E-state index in [4.69, 9.17) is 9.47 Å². The zero-order valence-corrected chi connectivity index (χ0v) is 24.4. The molecule has 0 radical (unpaired) electrons. The van der Waals surface area contributed by atoms with Crippen LogP contribution in [0, 0.1) is 13.8 Å². The number of methoxy groups -OCH3 is 2. The van der Waals surface area contributed by atoms with Crippen LogP contribution in [0.15, 0.2) is 94.7 Å². The minimum atomic E-state index is -4.22. The summed E-state index contributed by atoms with van der Waals surface area (Å²) in [5, 5.41) is 2.68. The normalized spacial score (nSPS) is 11.4. The Morgan fingerprint density at radius 1 is 0.659 bits per heavy atom. The average molecular weight is 596 g/mol. The molecular weight excluding hydrogens is 566 g/mol. The first-order chi connectivity index (χ1) is 19.4. The number of sulfonamides is 2. The van der Waals surface area contributed by atoms with Crippen molar-refractivity contribution in [2.24, 2.45) is 0 Å². The van der Waals surface area contributed by atoms with Crippen LogP contribution in [0.2, 0.25) is 0 Å². The Kier molecular flexibility index (Phi) is 8.55. The first-order valence-corrected chi connectivity index (χ1v) is 15.3. The predicted octanol–water partition coefficient (Wildman–Crippen LogP) is 5.17. The number of amides is 1. The summed E-state index contributed by atoms with van der Waals surface area (Å²) >= 11 is 0. The quantitative estimate of drug-likeness (QED) is 0.230. The molecule has 0 heterocycles. The SMILES string of the molecule is COc1cc(NC(=O)c2ccccc2)c(NS(=O)(=O)c2ccc(C)cc2)c(OC)c1NS(=O)(=O)c1ccc(C)cc1. The Labute approximate surface area is 239 Å². The number of hydrogen-bond donors (Lipinski definition) is 3. The molecule has 0 aliphatic rings. The van der Waals surface area contributed by atoms with Gasteiger partial charge in [-0.25, -0.2) is 16.8 Å². The van der Waals surface area contributed by atoms with Crippen molar-refractivity contribution in [2.75, 3.05) is 29.0 Å².